The molecule has 1 aliphatic heterocycles. The van der Waals surface area contributed by atoms with Crippen molar-refractivity contribution in [3.8, 4) is 5.75 Å². The van der Waals surface area contributed by atoms with Gasteiger partial charge >= 0.3 is 5.97 Å². The summed E-state index contributed by atoms with van der Waals surface area (Å²) in [6.07, 6.45) is 7.14. The minimum absolute atomic E-state index is 0.00603. The van der Waals surface area contributed by atoms with Crippen LogP contribution < -0.4 is 20.3 Å². The first-order valence-corrected chi connectivity index (χ1v) is 19.7. The molecule has 0 saturated carbocycles. The van der Waals surface area contributed by atoms with Gasteiger partial charge in [-0.3, -0.25) is 9.59 Å². The predicted octanol–water partition coefficient (Wildman–Crippen LogP) is 5.50. The Morgan fingerprint density at radius 1 is 0.960 bits per heavy atom. The lowest BCUT2D eigenvalue weighted by molar-refractivity contribution is -0.143. The maximum absolute atomic E-state index is 14.4. The molecule has 0 spiro atoms. The highest BCUT2D eigenvalue weighted by Gasteiger charge is 2.42. The van der Waals surface area contributed by atoms with E-state index in [9.17, 15) is 33.0 Å². The maximum atomic E-state index is 14.4. The molecule has 1 aliphatic rings. The smallest absolute Gasteiger partial charge is 0.328 e. The van der Waals surface area contributed by atoms with Crippen LogP contribution in [0, 0.1) is 5.41 Å². The molecule has 0 radical (unpaired) electrons. The molecule has 4 N–H and O–H groups in total. The van der Waals surface area contributed by atoms with Gasteiger partial charge < -0.3 is 30.5 Å². The number of fused-ring (bicyclic) bond motifs is 1. The third-order valence-corrected chi connectivity index (χ3v) is 11.7. The number of para-hydroxylation sites is 1. The number of aliphatic hydroxyl groups is 1. The Morgan fingerprint density at radius 2 is 1.58 bits per heavy atom. The van der Waals surface area contributed by atoms with Crippen LogP contribution in [0.3, 0.4) is 0 Å². The Hall–Kier alpha value is -4.07. The minimum atomic E-state index is -3.81. The molecule has 50 heavy (non-hydrogen) atoms. The van der Waals surface area contributed by atoms with Crippen molar-refractivity contribution >= 4 is 50.8 Å². The highest BCUT2D eigenvalue weighted by atomic mass is 32.2. The van der Waals surface area contributed by atoms with Crippen molar-refractivity contribution in [2.75, 3.05) is 36.7 Å². The molecule has 0 saturated heterocycles. The number of carboxylic acid groups (broad SMARTS) is 1. The van der Waals surface area contributed by atoms with Gasteiger partial charge in [0.25, 0.3) is 5.91 Å². The fourth-order valence-electron chi connectivity index (χ4n) is 6.31. The zero-order chi connectivity index (χ0) is 36.3. The van der Waals surface area contributed by atoms with E-state index in [0.717, 1.165) is 44.2 Å². The van der Waals surface area contributed by atoms with E-state index >= 15 is 0 Å². The summed E-state index contributed by atoms with van der Waals surface area (Å²) in [6, 6.07) is 18.5. The van der Waals surface area contributed by atoms with Crippen LogP contribution in [0.25, 0.3) is 0 Å². The third kappa shape index (κ3) is 9.58. The molecule has 0 unspecified atom stereocenters. The largest absolute Gasteiger partial charge is 0.483 e. The van der Waals surface area contributed by atoms with Crippen LogP contribution in [0.1, 0.15) is 64.0 Å². The van der Waals surface area contributed by atoms with Crippen LogP contribution in [0.2, 0.25) is 0 Å². The average molecular weight is 726 g/mol. The van der Waals surface area contributed by atoms with Gasteiger partial charge in [-0.15, -0.1) is 11.8 Å². The quantitative estimate of drug-likeness (QED) is 0.131. The van der Waals surface area contributed by atoms with Crippen LogP contribution >= 0.6 is 11.8 Å². The van der Waals surface area contributed by atoms with E-state index in [4.69, 9.17) is 4.74 Å². The van der Waals surface area contributed by atoms with Gasteiger partial charge in [-0.05, 0) is 42.9 Å². The first kappa shape index (κ1) is 38.7. The Kier molecular flexibility index (Phi) is 13.7. The van der Waals surface area contributed by atoms with Gasteiger partial charge in [0.2, 0.25) is 5.91 Å². The van der Waals surface area contributed by atoms with E-state index in [1.807, 2.05) is 42.7 Å². The number of anilines is 2. The Labute approximate surface area is 298 Å². The molecule has 0 fully saturated rings. The molecule has 2 amide bonds. The lowest BCUT2D eigenvalue weighted by atomic mass is 9.79. The van der Waals surface area contributed by atoms with Crippen LogP contribution in [0.15, 0.2) is 82.6 Å². The molecule has 11 nitrogen and oxygen atoms in total. The summed E-state index contributed by atoms with van der Waals surface area (Å²) in [4.78, 5) is 40.7. The number of carboxylic acids is 1. The molecule has 0 aliphatic carbocycles. The number of carbonyl (C=O) groups is 3. The van der Waals surface area contributed by atoms with Gasteiger partial charge in [-0.25, -0.2) is 13.2 Å². The van der Waals surface area contributed by atoms with Crippen LogP contribution in [0.5, 0.6) is 5.75 Å². The van der Waals surface area contributed by atoms with E-state index in [-0.39, 0.29) is 16.4 Å². The van der Waals surface area contributed by atoms with E-state index in [1.54, 1.807) is 30.3 Å². The van der Waals surface area contributed by atoms with Crippen molar-refractivity contribution in [1.29, 1.82) is 0 Å². The number of hydrogen-bond donors (Lipinski definition) is 4. The number of hydrogen-bond acceptors (Lipinski definition) is 9. The Bertz CT molecular complexity index is 1710. The summed E-state index contributed by atoms with van der Waals surface area (Å²) in [5.74, 6) is -2.75. The Balaban J connectivity index is 1.68. The number of nitrogens with zero attached hydrogens (tertiary/aromatic N) is 1. The zero-order valence-corrected chi connectivity index (χ0v) is 30.4. The van der Waals surface area contributed by atoms with Crippen molar-refractivity contribution in [1.82, 2.24) is 10.6 Å². The summed E-state index contributed by atoms with van der Waals surface area (Å²) < 4.78 is 34.7. The highest BCUT2D eigenvalue weighted by molar-refractivity contribution is 7.98. The predicted molar refractivity (Wildman–Crippen MR) is 195 cm³/mol. The van der Waals surface area contributed by atoms with Crippen LogP contribution in [-0.4, -0.2) is 74.2 Å². The summed E-state index contributed by atoms with van der Waals surface area (Å²) >= 11 is 1.36. The van der Waals surface area contributed by atoms with E-state index < -0.39 is 58.3 Å². The molecule has 0 bridgehead atoms. The van der Waals surface area contributed by atoms with E-state index in [2.05, 4.69) is 29.4 Å². The van der Waals surface area contributed by atoms with Crippen molar-refractivity contribution < 1.29 is 37.8 Å². The van der Waals surface area contributed by atoms with Gasteiger partial charge in [0.15, 0.2) is 16.4 Å². The lowest BCUT2D eigenvalue weighted by Gasteiger charge is -2.37. The number of carbonyl (C=O) groups excluding carboxylic acids is 2. The second-order valence-corrected chi connectivity index (χ2v) is 15.4. The molecule has 2 atom stereocenters. The molecule has 0 aromatic heterocycles. The summed E-state index contributed by atoms with van der Waals surface area (Å²) in [5, 5.41) is 23.6. The van der Waals surface area contributed by atoms with Crippen molar-refractivity contribution in [2.24, 2.45) is 5.41 Å². The number of thioether (sulfide) groups is 1. The number of nitrogens with one attached hydrogen (secondary N) is 2. The molecule has 3 aromatic carbocycles. The van der Waals surface area contributed by atoms with Gasteiger partial charge in [-0.1, -0.05) is 88.1 Å². The SMILES string of the molecule is CCCCC1(CCCC)CN(c2ccccc2)c2cc(SC)c(OCC(=O)N[C@@H](C(=O)N[C@H](CO)C(=O)O)c3ccccc3)cc2S(=O)(=O)C1. The first-order valence-electron chi connectivity index (χ1n) is 16.9. The molecule has 4 rings (SSSR count). The third-order valence-electron chi connectivity index (χ3n) is 8.91. The highest BCUT2D eigenvalue weighted by Crippen LogP contribution is 2.47. The summed E-state index contributed by atoms with van der Waals surface area (Å²) in [6.45, 7) is 3.39. The van der Waals surface area contributed by atoms with Crippen molar-refractivity contribution in [3.63, 3.8) is 0 Å². The number of amides is 2. The number of aliphatic hydroxyl groups excluding tert-OH is 1. The molecule has 13 heteroatoms. The normalized spacial score (nSPS) is 16.0. The minimum Gasteiger partial charge on any atom is -0.483 e. The molecular weight excluding hydrogens is 679 g/mol. The Morgan fingerprint density at radius 3 is 2.14 bits per heavy atom. The number of sulfone groups is 1. The van der Waals surface area contributed by atoms with E-state index in [1.165, 1.54) is 17.8 Å². The van der Waals surface area contributed by atoms with Gasteiger partial charge in [-0.2, -0.15) is 0 Å². The number of unbranched alkanes of at least 4 members (excludes halogenated alkanes) is 2. The average Bonchev–Trinajstić information content (AvgIpc) is 3.21. The van der Waals surface area contributed by atoms with Crippen LogP contribution in [0.4, 0.5) is 11.4 Å². The monoisotopic (exact) mass is 725 g/mol. The second-order valence-electron chi connectivity index (χ2n) is 12.6. The number of rotatable bonds is 17. The molecular formula is C37H47N3O8S2. The molecule has 270 valence electrons. The van der Waals surface area contributed by atoms with Gasteiger partial charge in [0, 0.05) is 23.7 Å². The summed E-state index contributed by atoms with van der Waals surface area (Å²) in [5.41, 5.74) is 1.37. The first-order chi connectivity index (χ1) is 24.0. The maximum Gasteiger partial charge on any atom is 0.328 e. The van der Waals surface area contributed by atoms with E-state index in [0.29, 0.717) is 22.7 Å². The number of aliphatic carboxylic acids is 1. The fraction of sp³-hybridized carbons (Fsp3) is 0.432. The fourth-order valence-corrected chi connectivity index (χ4v) is 8.98. The van der Waals surface area contributed by atoms with Crippen molar-refractivity contribution in [2.45, 2.75) is 74.2 Å². The standard InChI is InChI=1S/C37H47N3O8S2/c1-4-6-18-37(19-7-5-2)24-40(27-16-12-9-13-17-27)29-20-31(49-3)30(21-32(29)50(46,47)25-37)48-23-33(42)39-34(26-14-10-8-11-15-26)35(43)38-28(22-41)36(44)45/h8-17,20-21,28,34,41H,4-7,18-19,22-25H2,1-3H3,(H,38,43)(H,39,42)(H,44,45)/t28-,34-/m1/s1. The second kappa shape index (κ2) is 17.7. The zero-order valence-electron chi connectivity index (χ0n) is 28.8. The molecule has 3 aromatic rings. The van der Waals surface area contributed by atoms with Gasteiger partial charge in [0.1, 0.15) is 17.8 Å². The topological polar surface area (TPSA) is 162 Å². The number of benzene rings is 3. The number of ether oxygens (including phenoxy) is 1. The van der Waals surface area contributed by atoms with Gasteiger partial charge in [0.05, 0.1) is 27.8 Å². The summed E-state index contributed by atoms with van der Waals surface area (Å²) in [7, 11) is -3.81. The van der Waals surface area contributed by atoms with Crippen LogP contribution in [-0.2, 0) is 24.2 Å². The van der Waals surface area contributed by atoms with Crippen molar-refractivity contribution in [3.05, 3.63) is 78.4 Å². The lowest BCUT2D eigenvalue weighted by Crippen LogP contribution is -2.49. The molecule has 1 heterocycles.